The highest BCUT2D eigenvalue weighted by atomic mass is 19.1. The lowest BCUT2D eigenvalue weighted by atomic mass is 10.0. The number of carbonyl (C=O) groups is 3. The van der Waals surface area contributed by atoms with Gasteiger partial charge in [-0.15, -0.1) is 0 Å². The van der Waals surface area contributed by atoms with E-state index in [9.17, 15) is 18.8 Å². The monoisotopic (exact) mass is 435 g/mol. The van der Waals surface area contributed by atoms with Gasteiger partial charge in [-0.1, -0.05) is 23.4 Å². The van der Waals surface area contributed by atoms with Gasteiger partial charge in [0.2, 0.25) is 5.78 Å². The van der Waals surface area contributed by atoms with Crippen molar-refractivity contribution >= 4 is 17.6 Å². The van der Waals surface area contributed by atoms with Gasteiger partial charge in [-0.2, -0.15) is 0 Å². The zero-order valence-corrected chi connectivity index (χ0v) is 17.7. The fourth-order valence-corrected chi connectivity index (χ4v) is 3.81. The Balaban J connectivity index is 1.45. The van der Waals surface area contributed by atoms with Crippen molar-refractivity contribution in [3.8, 4) is 11.3 Å². The summed E-state index contributed by atoms with van der Waals surface area (Å²) >= 11 is 0. The zero-order chi connectivity index (χ0) is 22.8. The Kier molecular flexibility index (Phi) is 5.85. The van der Waals surface area contributed by atoms with E-state index in [1.54, 1.807) is 49.1 Å². The van der Waals surface area contributed by atoms with Crippen molar-refractivity contribution in [1.82, 2.24) is 15.0 Å². The number of amides is 2. The molecular formula is C24H22FN3O4. The van der Waals surface area contributed by atoms with Crippen molar-refractivity contribution in [2.45, 2.75) is 19.9 Å². The van der Waals surface area contributed by atoms with Crippen LogP contribution in [0.15, 0.2) is 59.1 Å². The summed E-state index contributed by atoms with van der Waals surface area (Å²) < 4.78 is 19.6. The lowest BCUT2D eigenvalue weighted by Gasteiger charge is -2.39. The SMILES string of the molecule is Cc1cc(-c2ccc(C(=O)C(=O)N3CCN(C(=O)c4ccccc4)C[C@H]3C)cc2F)on1. The van der Waals surface area contributed by atoms with Crippen molar-refractivity contribution in [2.24, 2.45) is 0 Å². The molecular weight excluding hydrogens is 413 g/mol. The largest absolute Gasteiger partial charge is 0.356 e. The molecule has 2 aromatic carbocycles. The maximum atomic E-state index is 14.6. The molecule has 0 bridgehead atoms. The van der Waals surface area contributed by atoms with Gasteiger partial charge in [0, 0.05) is 42.9 Å². The summed E-state index contributed by atoms with van der Waals surface area (Å²) in [5.41, 5.74) is 1.31. The first-order chi connectivity index (χ1) is 15.3. The van der Waals surface area contributed by atoms with E-state index in [0.717, 1.165) is 6.07 Å². The van der Waals surface area contributed by atoms with Crippen molar-refractivity contribution in [3.63, 3.8) is 0 Å². The molecule has 0 unspecified atom stereocenters. The maximum absolute atomic E-state index is 14.6. The molecule has 0 spiro atoms. The van der Waals surface area contributed by atoms with Crippen LogP contribution in [0.25, 0.3) is 11.3 Å². The predicted molar refractivity (Wildman–Crippen MR) is 114 cm³/mol. The van der Waals surface area contributed by atoms with Crippen LogP contribution < -0.4 is 0 Å². The van der Waals surface area contributed by atoms with Gasteiger partial charge in [0.25, 0.3) is 11.8 Å². The molecule has 164 valence electrons. The minimum Gasteiger partial charge on any atom is -0.356 e. The lowest BCUT2D eigenvalue weighted by Crippen LogP contribution is -2.56. The van der Waals surface area contributed by atoms with Crippen LogP contribution in [0.5, 0.6) is 0 Å². The molecule has 1 aliphatic heterocycles. The van der Waals surface area contributed by atoms with Gasteiger partial charge in [-0.05, 0) is 44.2 Å². The van der Waals surface area contributed by atoms with Gasteiger partial charge in [0.05, 0.1) is 11.3 Å². The highest BCUT2D eigenvalue weighted by Crippen LogP contribution is 2.25. The van der Waals surface area contributed by atoms with E-state index in [1.807, 2.05) is 6.07 Å². The van der Waals surface area contributed by atoms with Crippen LogP contribution in [0, 0.1) is 12.7 Å². The second kappa shape index (κ2) is 8.74. The van der Waals surface area contributed by atoms with E-state index in [4.69, 9.17) is 4.52 Å². The number of Topliss-reactive ketones (excluding diaryl/α,β-unsaturated/α-hetero) is 1. The van der Waals surface area contributed by atoms with E-state index in [-0.39, 0.29) is 35.4 Å². The van der Waals surface area contributed by atoms with Crippen LogP contribution in [0.3, 0.4) is 0 Å². The highest BCUT2D eigenvalue weighted by molar-refractivity contribution is 6.42. The second-order valence-corrected chi connectivity index (χ2v) is 7.82. The molecule has 1 saturated heterocycles. The molecule has 7 nitrogen and oxygen atoms in total. The minimum atomic E-state index is -0.793. The Morgan fingerprint density at radius 2 is 1.78 bits per heavy atom. The number of carbonyl (C=O) groups excluding carboxylic acids is 3. The van der Waals surface area contributed by atoms with Crippen LogP contribution in [-0.2, 0) is 4.79 Å². The normalized spacial score (nSPS) is 16.2. The fraction of sp³-hybridized carbons (Fsp3) is 0.250. The number of benzene rings is 2. The Bertz CT molecular complexity index is 1170. The summed E-state index contributed by atoms with van der Waals surface area (Å²) in [6.07, 6.45) is 0. The van der Waals surface area contributed by atoms with Crippen molar-refractivity contribution in [2.75, 3.05) is 19.6 Å². The quantitative estimate of drug-likeness (QED) is 0.464. The molecule has 32 heavy (non-hydrogen) atoms. The number of rotatable bonds is 4. The summed E-state index contributed by atoms with van der Waals surface area (Å²) in [6.45, 7) is 4.35. The third kappa shape index (κ3) is 4.16. The molecule has 3 aromatic rings. The van der Waals surface area contributed by atoms with E-state index in [2.05, 4.69) is 5.16 Å². The molecule has 1 fully saturated rings. The molecule has 1 aliphatic rings. The van der Waals surface area contributed by atoms with Crippen LogP contribution in [0.2, 0.25) is 0 Å². The first-order valence-corrected chi connectivity index (χ1v) is 10.3. The molecule has 1 aromatic heterocycles. The van der Waals surface area contributed by atoms with Crippen LogP contribution in [-0.4, -0.2) is 58.2 Å². The van der Waals surface area contributed by atoms with E-state index >= 15 is 0 Å². The Hall–Kier alpha value is -3.81. The number of aryl methyl sites for hydroxylation is 1. The molecule has 0 saturated carbocycles. The molecule has 0 N–H and O–H groups in total. The highest BCUT2D eigenvalue weighted by Gasteiger charge is 2.33. The summed E-state index contributed by atoms with van der Waals surface area (Å²) in [5, 5.41) is 3.73. The third-order valence-electron chi connectivity index (χ3n) is 5.52. The minimum absolute atomic E-state index is 0.0394. The van der Waals surface area contributed by atoms with Gasteiger partial charge in [0.15, 0.2) is 5.76 Å². The van der Waals surface area contributed by atoms with Crippen LogP contribution >= 0.6 is 0 Å². The molecule has 8 heteroatoms. The Labute approximate surface area is 184 Å². The van der Waals surface area contributed by atoms with Gasteiger partial charge >= 0.3 is 0 Å². The first-order valence-electron chi connectivity index (χ1n) is 10.3. The lowest BCUT2D eigenvalue weighted by molar-refractivity contribution is -0.130. The summed E-state index contributed by atoms with van der Waals surface area (Å²) in [4.78, 5) is 41.4. The number of hydrogen-bond acceptors (Lipinski definition) is 5. The average Bonchev–Trinajstić information content (AvgIpc) is 3.24. The summed E-state index contributed by atoms with van der Waals surface area (Å²) in [7, 11) is 0. The standard InChI is InChI=1S/C24H22FN3O4/c1-15-12-21(32-26-15)19-9-8-18(13-20(19)25)22(29)24(31)28-11-10-27(14-16(28)2)23(30)17-6-4-3-5-7-17/h3-9,12-13,16H,10-11,14H2,1-2H3/t16-/m1/s1. The predicted octanol–water partition coefficient (Wildman–Crippen LogP) is 3.34. The van der Waals surface area contributed by atoms with Gasteiger partial charge in [-0.3, -0.25) is 14.4 Å². The summed E-state index contributed by atoms with van der Waals surface area (Å²) in [6, 6.07) is 14.0. The number of halogens is 1. The van der Waals surface area contributed by atoms with Gasteiger partial charge < -0.3 is 14.3 Å². The molecule has 4 rings (SSSR count). The zero-order valence-electron chi connectivity index (χ0n) is 17.7. The average molecular weight is 435 g/mol. The van der Waals surface area contributed by atoms with Gasteiger partial charge in [-0.25, -0.2) is 4.39 Å². The molecule has 0 aliphatic carbocycles. The smallest absolute Gasteiger partial charge is 0.295 e. The first kappa shape index (κ1) is 21.4. The third-order valence-corrected chi connectivity index (χ3v) is 5.52. The fourth-order valence-electron chi connectivity index (χ4n) is 3.81. The molecule has 2 heterocycles. The molecule has 1 atom stereocenters. The number of nitrogens with zero attached hydrogens (tertiary/aromatic N) is 3. The van der Waals surface area contributed by atoms with Crippen LogP contribution in [0.1, 0.15) is 33.3 Å². The van der Waals surface area contributed by atoms with Crippen molar-refractivity contribution in [3.05, 3.63) is 77.2 Å². The number of aromatic nitrogens is 1. The van der Waals surface area contributed by atoms with Crippen LogP contribution in [0.4, 0.5) is 4.39 Å². The topological polar surface area (TPSA) is 83.7 Å². The molecule has 0 radical (unpaired) electrons. The summed E-state index contributed by atoms with van der Waals surface area (Å²) in [5.74, 6) is -2.05. The van der Waals surface area contributed by atoms with E-state index in [0.29, 0.717) is 24.3 Å². The maximum Gasteiger partial charge on any atom is 0.295 e. The van der Waals surface area contributed by atoms with E-state index in [1.165, 1.54) is 17.0 Å². The molecule has 2 amide bonds. The second-order valence-electron chi connectivity index (χ2n) is 7.82. The Morgan fingerprint density at radius 1 is 1.03 bits per heavy atom. The van der Waals surface area contributed by atoms with Crippen molar-refractivity contribution in [1.29, 1.82) is 0 Å². The van der Waals surface area contributed by atoms with E-state index < -0.39 is 17.5 Å². The number of hydrogen-bond donors (Lipinski definition) is 0. The van der Waals surface area contributed by atoms with Gasteiger partial charge in [0.1, 0.15) is 5.82 Å². The number of ketones is 1. The Morgan fingerprint density at radius 3 is 2.41 bits per heavy atom. The number of piperazine rings is 1. The van der Waals surface area contributed by atoms with Crippen molar-refractivity contribution < 1.29 is 23.3 Å².